The number of primary sulfonamides is 1. The van der Waals surface area contributed by atoms with Gasteiger partial charge in [0.15, 0.2) is 17.1 Å². The molecule has 2 aromatic heterocycles. The van der Waals surface area contributed by atoms with Gasteiger partial charge >= 0.3 is 6.18 Å². The van der Waals surface area contributed by atoms with Gasteiger partial charge in [0.1, 0.15) is 5.69 Å². The molecule has 5 aromatic rings. The van der Waals surface area contributed by atoms with Crippen LogP contribution in [-0.4, -0.2) is 42.4 Å². The van der Waals surface area contributed by atoms with Crippen molar-refractivity contribution in [1.29, 1.82) is 0 Å². The van der Waals surface area contributed by atoms with Gasteiger partial charge in [0.2, 0.25) is 10.0 Å². The Balaban J connectivity index is 1.45. The first kappa shape index (κ1) is 27.3. The number of hydrogen-bond acceptors (Lipinski definition) is 8. The SMILES string of the molecule is Nc1noc2ccc(-n3nc(C(F)(F)F)cc3C(=O)N3CCCNc4cc(-c5ccccc5S(N)(=O)=O)ccc43)cc12. The van der Waals surface area contributed by atoms with E-state index in [1.165, 1.54) is 29.2 Å². The minimum Gasteiger partial charge on any atom is -0.383 e. The maximum atomic E-state index is 14.0. The molecule has 1 aliphatic rings. The Hall–Kier alpha value is -4.89. The van der Waals surface area contributed by atoms with Gasteiger partial charge in [0.25, 0.3) is 5.91 Å². The molecule has 216 valence electrons. The van der Waals surface area contributed by atoms with E-state index in [-0.39, 0.29) is 28.6 Å². The predicted octanol–water partition coefficient (Wildman–Crippen LogP) is 4.39. The summed E-state index contributed by atoms with van der Waals surface area (Å²) >= 11 is 0. The summed E-state index contributed by atoms with van der Waals surface area (Å²) in [6.07, 6.45) is -4.34. The Morgan fingerprint density at radius 3 is 2.60 bits per heavy atom. The molecule has 42 heavy (non-hydrogen) atoms. The number of amides is 1. The second kappa shape index (κ2) is 9.88. The van der Waals surface area contributed by atoms with Crippen molar-refractivity contribution in [3.63, 3.8) is 0 Å². The molecule has 0 fully saturated rings. The molecule has 3 aromatic carbocycles. The summed E-state index contributed by atoms with van der Waals surface area (Å²) in [5.74, 6) is -0.686. The maximum Gasteiger partial charge on any atom is 0.435 e. The highest BCUT2D eigenvalue weighted by Gasteiger charge is 2.37. The van der Waals surface area contributed by atoms with Gasteiger partial charge in [0, 0.05) is 24.7 Å². The summed E-state index contributed by atoms with van der Waals surface area (Å²) in [5.41, 5.74) is 6.50. The van der Waals surface area contributed by atoms with Crippen molar-refractivity contribution in [1.82, 2.24) is 14.9 Å². The number of nitrogens with one attached hydrogen (secondary N) is 1. The smallest absolute Gasteiger partial charge is 0.383 e. The van der Waals surface area contributed by atoms with Crippen LogP contribution in [0.4, 0.5) is 30.4 Å². The topological polar surface area (TPSA) is 162 Å². The van der Waals surface area contributed by atoms with Crippen molar-refractivity contribution < 1.29 is 30.9 Å². The van der Waals surface area contributed by atoms with Crippen molar-refractivity contribution >= 4 is 44.1 Å². The molecule has 0 radical (unpaired) electrons. The Morgan fingerprint density at radius 2 is 1.83 bits per heavy atom. The highest BCUT2D eigenvalue weighted by Crippen LogP contribution is 2.37. The van der Waals surface area contributed by atoms with Gasteiger partial charge in [0.05, 0.1) is 27.3 Å². The predicted molar refractivity (Wildman–Crippen MR) is 149 cm³/mol. The van der Waals surface area contributed by atoms with E-state index >= 15 is 0 Å². The summed E-state index contributed by atoms with van der Waals surface area (Å²) in [6.45, 7) is 0.643. The molecular formula is C27H22F3N7O4S. The van der Waals surface area contributed by atoms with Crippen molar-refractivity contribution in [2.45, 2.75) is 17.5 Å². The Kier molecular flexibility index (Phi) is 6.42. The van der Waals surface area contributed by atoms with E-state index in [0.717, 1.165) is 4.68 Å². The highest BCUT2D eigenvalue weighted by atomic mass is 32.2. The van der Waals surface area contributed by atoms with Crippen LogP contribution in [-0.2, 0) is 16.2 Å². The molecule has 0 saturated carbocycles. The maximum absolute atomic E-state index is 14.0. The summed E-state index contributed by atoms with van der Waals surface area (Å²) < 4.78 is 71.7. The lowest BCUT2D eigenvalue weighted by atomic mass is 10.0. The van der Waals surface area contributed by atoms with Gasteiger partial charge < -0.3 is 20.5 Å². The summed E-state index contributed by atoms with van der Waals surface area (Å²) in [4.78, 5) is 15.3. The van der Waals surface area contributed by atoms with Gasteiger partial charge in [-0.1, -0.05) is 29.4 Å². The molecule has 0 bridgehead atoms. The number of nitrogens with zero attached hydrogens (tertiary/aromatic N) is 4. The number of hydrogen-bond donors (Lipinski definition) is 3. The van der Waals surface area contributed by atoms with Gasteiger partial charge in [-0.3, -0.25) is 4.79 Å². The number of carbonyl (C=O) groups is 1. The fourth-order valence-corrected chi connectivity index (χ4v) is 5.67. The van der Waals surface area contributed by atoms with E-state index < -0.39 is 27.8 Å². The van der Waals surface area contributed by atoms with Crippen LogP contribution >= 0.6 is 0 Å². The fourth-order valence-electron chi connectivity index (χ4n) is 4.91. The molecule has 11 nitrogen and oxygen atoms in total. The standard InChI is InChI=1S/C27H22F3N7O4S/c28-27(29,30)24-14-21(37(34-24)16-7-9-22-18(13-16)25(31)35-41-22)26(38)36-11-3-10-33-19-12-15(6-8-20(19)36)17-4-1-2-5-23(17)42(32,39)40/h1-2,4-9,12-14,33H,3,10-11H2,(H2,31,35)(H2,32,39,40). The third-order valence-electron chi connectivity index (χ3n) is 6.86. The number of carbonyl (C=O) groups excluding carboxylic acids is 1. The second-order valence-electron chi connectivity index (χ2n) is 9.58. The number of nitrogen functional groups attached to an aromatic ring is 1. The first-order valence-electron chi connectivity index (χ1n) is 12.6. The zero-order valence-electron chi connectivity index (χ0n) is 21.6. The molecule has 1 aliphatic heterocycles. The Morgan fingerprint density at radius 1 is 1.05 bits per heavy atom. The molecule has 0 unspecified atom stereocenters. The Labute approximate surface area is 236 Å². The third kappa shape index (κ3) is 4.81. The van der Waals surface area contributed by atoms with Crippen LogP contribution in [0.2, 0.25) is 0 Å². The quantitative estimate of drug-likeness (QED) is 0.275. The Bertz CT molecular complexity index is 1970. The number of nitrogens with two attached hydrogens (primary N) is 2. The zero-order valence-corrected chi connectivity index (χ0v) is 22.4. The van der Waals surface area contributed by atoms with Gasteiger partial charge in [-0.2, -0.15) is 18.3 Å². The number of alkyl halides is 3. The molecular weight excluding hydrogens is 575 g/mol. The fraction of sp³-hybridized carbons (Fsp3) is 0.148. The molecule has 5 N–H and O–H groups in total. The normalized spacial score (nSPS) is 14.0. The molecule has 0 aliphatic carbocycles. The van der Waals surface area contributed by atoms with Crippen molar-refractivity contribution in [2.24, 2.45) is 5.14 Å². The van der Waals surface area contributed by atoms with Crippen LogP contribution in [0.15, 0.2) is 76.1 Å². The van der Waals surface area contributed by atoms with Gasteiger partial charge in [-0.15, -0.1) is 0 Å². The largest absolute Gasteiger partial charge is 0.435 e. The van der Waals surface area contributed by atoms with Crippen LogP contribution in [0.1, 0.15) is 22.6 Å². The van der Waals surface area contributed by atoms with E-state index in [0.29, 0.717) is 52.5 Å². The molecule has 0 spiro atoms. The molecule has 15 heteroatoms. The lowest BCUT2D eigenvalue weighted by molar-refractivity contribution is -0.141. The minimum absolute atomic E-state index is 0.0373. The molecule has 0 saturated heterocycles. The first-order chi connectivity index (χ1) is 19.9. The monoisotopic (exact) mass is 597 g/mol. The second-order valence-corrected chi connectivity index (χ2v) is 11.1. The number of rotatable bonds is 4. The van der Waals surface area contributed by atoms with Crippen LogP contribution in [0, 0.1) is 0 Å². The summed E-state index contributed by atoms with van der Waals surface area (Å²) in [5, 5.41) is 16.4. The van der Waals surface area contributed by atoms with Gasteiger partial charge in [-0.25, -0.2) is 18.2 Å². The van der Waals surface area contributed by atoms with Crippen LogP contribution in [0.3, 0.4) is 0 Å². The van der Waals surface area contributed by atoms with Crippen LogP contribution in [0.25, 0.3) is 27.8 Å². The molecule has 6 rings (SSSR count). The summed E-state index contributed by atoms with van der Waals surface area (Å²) in [6, 6.07) is 16.2. The van der Waals surface area contributed by atoms with E-state index in [1.807, 2.05) is 0 Å². The minimum atomic E-state index is -4.82. The third-order valence-corrected chi connectivity index (χ3v) is 7.83. The highest BCUT2D eigenvalue weighted by molar-refractivity contribution is 7.89. The lowest BCUT2D eigenvalue weighted by Gasteiger charge is -2.23. The van der Waals surface area contributed by atoms with E-state index in [1.54, 1.807) is 36.4 Å². The molecule has 1 amide bonds. The van der Waals surface area contributed by atoms with Crippen molar-refractivity contribution in [3.8, 4) is 16.8 Å². The van der Waals surface area contributed by atoms with E-state index in [4.69, 9.17) is 15.4 Å². The van der Waals surface area contributed by atoms with Gasteiger partial charge in [-0.05, 0) is 48.4 Å². The number of halogens is 3. The van der Waals surface area contributed by atoms with E-state index in [9.17, 15) is 26.4 Å². The molecule has 0 atom stereocenters. The number of aromatic nitrogens is 3. The summed E-state index contributed by atoms with van der Waals surface area (Å²) in [7, 11) is -4.03. The average Bonchev–Trinajstić information content (AvgIpc) is 3.50. The lowest BCUT2D eigenvalue weighted by Crippen LogP contribution is -2.33. The van der Waals surface area contributed by atoms with E-state index in [2.05, 4.69) is 15.6 Å². The van der Waals surface area contributed by atoms with Crippen LogP contribution < -0.4 is 21.1 Å². The number of sulfonamides is 1. The van der Waals surface area contributed by atoms with Crippen molar-refractivity contribution in [2.75, 3.05) is 29.0 Å². The van der Waals surface area contributed by atoms with Crippen molar-refractivity contribution in [3.05, 3.63) is 78.1 Å². The first-order valence-corrected chi connectivity index (χ1v) is 14.1. The zero-order chi connectivity index (χ0) is 29.8. The number of fused-ring (bicyclic) bond motifs is 2. The number of anilines is 3. The van der Waals surface area contributed by atoms with Crippen LogP contribution in [0.5, 0.6) is 0 Å². The average molecular weight is 598 g/mol. The number of benzene rings is 3. The molecule has 3 heterocycles.